The van der Waals surface area contributed by atoms with Crippen LogP contribution in [0.3, 0.4) is 0 Å². The van der Waals surface area contributed by atoms with E-state index < -0.39 is 0 Å². The first-order chi connectivity index (χ1) is 6.24. The highest BCUT2D eigenvalue weighted by Gasteiger charge is 2.16. The zero-order valence-electron chi connectivity index (χ0n) is 8.68. The molecule has 1 atom stereocenters. The molecule has 0 aromatic rings. The van der Waals surface area contributed by atoms with Gasteiger partial charge in [-0.05, 0) is 38.8 Å². The Kier molecular flexibility index (Phi) is 4.22. The van der Waals surface area contributed by atoms with Gasteiger partial charge in [0.05, 0.1) is 0 Å². The number of hydrogen-bond acceptors (Lipinski definition) is 2. The van der Waals surface area contributed by atoms with Gasteiger partial charge in [0.1, 0.15) is 0 Å². The zero-order chi connectivity index (χ0) is 9.68. The third-order valence-electron chi connectivity index (χ3n) is 2.83. The summed E-state index contributed by atoms with van der Waals surface area (Å²) in [5.41, 5.74) is 0. The van der Waals surface area contributed by atoms with Gasteiger partial charge >= 0.3 is 0 Å². The van der Waals surface area contributed by atoms with Crippen LogP contribution in [0.4, 0.5) is 0 Å². The van der Waals surface area contributed by atoms with Crippen LogP contribution in [0.5, 0.6) is 0 Å². The van der Waals surface area contributed by atoms with E-state index in [1.54, 1.807) is 4.90 Å². The van der Waals surface area contributed by atoms with Crippen LogP contribution in [0.1, 0.15) is 26.2 Å². The van der Waals surface area contributed by atoms with Gasteiger partial charge in [0.25, 0.3) is 0 Å². The maximum Gasteiger partial charge on any atom is 0.222 e. The number of carbonyl (C=O) groups excluding carboxylic acids is 1. The van der Waals surface area contributed by atoms with Gasteiger partial charge in [-0.2, -0.15) is 0 Å². The van der Waals surface area contributed by atoms with E-state index in [9.17, 15) is 4.79 Å². The first-order valence-electron chi connectivity index (χ1n) is 5.18. The van der Waals surface area contributed by atoms with Gasteiger partial charge in [0, 0.05) is 20.0 Å². The minimum atomic E-state index is 0.286. The Labute approximate surface area is 80.5 Å². The molecular weight excluding hydrogens is 164 g/mol. The van der Waals surface area contributed by atoms with Gasteiger partial charge in [-0.1, -0.05) is 0 Å². The van der Waals surface area contributed by atoms with Crippen LogP contribution in [0.25, 0.3) is 0 Å². The number of nitrogens with one attached hydrogen (secondary N) is 1. The Hall–Kier alpha value is -0.570. The number of rotatable bonds is 4. The maximum absolute atomic E-state index is 11.4. The summed E-state index contributed by atoms with van der Waals surface area (Å²) in [6.45, 7) is 5.06. The Bertz CT molecular complexity index is 164. The van der Waals surface area contributed by atoms with Crippen molar-refractivity contribution in [1.82, 2.24) is 10.2 Å². The molecule has 1 aliphatic rings. The summed E-state index contributed by atoms with van der Waals surface area (Å²) < 4.78 is 0. The van der Waals surface area contributed by atoms with E-state index in [1.165, 1.54) is 6.42 Å². The Morgan fingerprint density at radius 3 is 2.92 bits per heavy atom. The molecular formula is C10H20N2O. The lowest BCUT2D eigenvalue weighted by atomic mass is 10.0. The molecule has 0 aliphatic carbocycles. The third kappa shape index (κ3) is 3.35. The highest BCUT2D eigenvalue weighted by atomic mass is 16.2. The van der Waals surface area contributed by atoms with Crippen molar-refractivity contribution < 1.29 is 4.79 Å². The molecule has 1 rings (SSSR count). The molecule has 0 aromatic carbocycles. The topological polar surface area (TPSA) is 32.3 Å². The van der Waals surface area contributed by atoms with Crippen molar-refractivity contribution >= 4 is 5.91 Å². The Morgan fingerprint density at radius 1 is 1.62 bits per heavy atom. The summed E-state index contributed by atoms with van der Waals surface area (Å²) in [5, 5.41) is 3.31. The van der Waals surface area contributed by atoms with E-state index in [0.29, 0.717) is 0 Å². The van der Waals surface area contributed by atoms with E-state index >= 15 is 0 Å². The fourth-order valence-corrected chi connectivity index (χ4v) is 1.66. The third-order valence-corrected chi connectivity index (χ3v) is 2.83. The lowest BCUT2D eigenvalue weighted by Gasteiger charge is -2.15. The van der Waals surface area contributed by atoms with E-state index in [0.717, 1.165) is 38.4 Å². The number of nitrogens with zero attached hydrogens (tertiary/aromatic N) is 1. The summed E-state index contributed by atoms with van der Waals surface area (Å²) in [7, 11) is 1.87. The van der Waals surface area contributed by atoms with Crippen LogP contribution in [0, 0.1) is 5.92 Å². The monoisotopic (exact) mass is 184 g/mol. The summed E-state index contributed by atoms with van der Waals surface area (Å²) in [5.74, 6) is 1.02. The summed E-state index contributed by atoms with van der Waals surface area (Å²) >= 11 is 0. The number of amides is 1. The minimum Gasteiger partial charge on any atom is -0.346 e. The van der Waals surface area contributed by atoms with Gasteiger partial charge in [-0.3, -0.25) is 4.79 Å². The fourth-order valence-electron chi connectivity index (χ4n) is 1.66. The quantitative estimate of drug-likeness (QED) is 0.702. The van der Waals surface area contributed by atoms with Gasteiger partial charge in [0.15, 0.2) is 0 Å². The summed E-state index contributed by atoms with van der Waals surface area (Å²) in [6.07, 6.45) is 3.01. The van der Waals surface area contributed by atoms with Crippen molar-refractivity contribution in [3.63, 3.8) is 0 Å². The molecule has 0 saturated carbocycles. The molecule has 3 heteroatoms. The Morgan fingerprint density at radius 2 is 2.38 bits per heavy atom. The molecule has 0 radical (unpaired) electrons. The van der Waals surface area contributed by atoms with Crippen LogP contribution >= 0.6 is 0 Å². The van der Waals surface area contributed by atoms with Crippen LogP contribution in [-0.4, -0.2) is 37.5 Å². The van der Waals surface area contributed by atoms with Crippen molar-refractivity contribution in [3.05, 3.63) is 0 Å². The average molecular weight is 184 g/mol. The molecule has 1 N–H and O–H groups in total. The number of carbonyl (C=O) groups is 1. The van der Waals surface area contributed by atoms with Crippen molar-refractivity contribution in [3.8, 4) is 0 Å². The predicted molar refractivity (Wildman–Crippen MR) is 53.5 cm³/mol. The molecule has 1 fully saturated rings. The lowest BCUT2D eigenvalue weighted by molar-refractivity contribution is -0.129. The van der Waals surface area contributed by atoms with Crippen LogP contribution in [0.2, 0.25) is 0 Å². The van der Waals surface area contributed by atoms with E-state index in [-0.39, 0.29) is 5.91 Å². The first-order valence-corrected chi connectivity index (χ1v) is 5.18. The highest BCUT2D eigenvalue weighted by Crippen LogP contribution is 2.14. The molecule has 76 valence electrons. The predicted octanol–water partition coefficient (Wildman–Crippen LogP) is 0.854. The minimum absolute atomic E-state index is 0.286. The van der Waals surface area contributed by atoms with Crippen molar-refractivity contribution in [2.24, 2.45) is 5.92 Å². The molecule has 1 unspecified atom stereocenters. The fraction of sp³-hybridized carbons (Fsp3) is 0.900. The van der Waals surface area contributed by atoms with Crippen LogP contribution in [0.15, 0.2) is 0 Å². The molecule has 0 spiro atoms. The van der Waals surface area contributed by atoms with E-state index in [4.69, 9.17) is 0 Å². The average Bonchev–Trinajstić information content (AvgIpc) is 2.65. The highest BCUT2D eigenvalue weighted by molar-refractivity contribution is 5.75. The molecule has 1 saturated heterocycles. The molecule has 13 heavy (non-hydrogen) atoms. The van der Waals surface area contributed by atoms with Gasteiger partial charge in [-0.25, -0.2) is 0 Å². The van der Waals surface area contributed by atoms with E-state index in [1.807, 2.05) is 14.0 Å². The smallest absolute Gasteiger partial charge is 0.222 e. The van der Waals surface area contributed by atoms with Crippen molar-refractivity contribution in [2.45, 2.75) is 26.2 Å². The second-order valence-corrected chi connectivity index (χ2v) is 3.81. The largest absolute Gasteiger partial charge is 0.346 e. The van der Waals surface area contributed by atoms with Gasteiger partial charge in [-0.15, -0.1) is 0 Å². The summed E-state index contributed by atoms with van der Waals surface area (Å²) in [4.78, 5) is 13.2. The van der Waals surface area contributed by atoms with Crippen molar-refractivity contribution in [2.75, 3.05) is 26.7 Å². The molecule has 0 bridgehead atoms. The lowest BCUT2D eigenvalue weighted by Crippen LogP contribution is -2.26. The summed E-state index contributed by atoms with van der Waals surface area (Å²) in [6, 6.07) is 0. The standard InChI is InChI=1S/C10H20N2O/c1-3-12(2)10(13)5-4-9-6-7-11-8-9/h9,11H,3-8H2,1-2H3. The van der Waals surface area contributed by atoms with Crippen LogP contribution < -0.4 is 5.32 Å². The SMILES string of the molecule is CCN(C)C(=O)CCC1CCNC1. The molecule has 1 heterocycles. The molecule has 1 amide bonds. The zero-order valence-corrected chi connectivity index (χ0v) is 8.68. The Balaban J connectivity index is 2.13. The van der Waals surface area contributed by atoms with Gasteiger partial charge < -0.3 is 10.2 Å². The molecule has 1 aliphatic heterocycles. The second kappa shape index (κ2) is 5.22. The first kappa shape index (κ1) is 10.5. The van der Waals surface area contributed by atoms with Crippen molar-refractivity contribution in [1.29, 1.82) is 0 Å². The number of hydrogen-bond donors (Lipinski definition) is 1. The van der Waals surface area contributed by atoms with Crippen LogP contribution in [-0.2, 0) is 4.79 Å². The molecule has 0 aromatic heterocycles. The molecule has 3 nitrogen and oxygen atoms in total. The van der Waals surface area contributed by atoms with E-state index in [2.05, 4.69) is 5.32 Å². The normalized spacial score (nSPS) is 21.8. The van der Waals surface area contributed by atoms with Gasteiger partial charge in [0.2, 0.25) is 5.91 Å². The maximum atomic E-state index is 11.4. The second-order valence-electron chi connectivity index (χ2n) is 3.81.